The Labute approximate surface area is 563 Å². The monoisotopic (exact) mass is 1610 g/mol. The van der Waals surface area contributed by atoms with Gasteiger partial charge in [0.05, 0.1) is 0 Å². The number of hydrogen-bond acceptors (Lipinski definition) is 12. The second kappa shape index (κ2) is 28.8. The Morgan fingerprint density at radius 1 is 0.478 bits per heavy atom. The summed E-state index contributed by atoms with van der Waals surface area (Å²) in [7, 11) is -1.47. The standard InChI is InChI=1S/C37H34N4O.C20H25BO3.C17H11BrN4.2Ir/c1-24(2)19-27-22-31-30-15-8-9-16-33(30)42-35(31)32(20-25(3)4)34(27)26-11-10-14-29(21-26)41-23-40(28-12-6-5-7-13-28)36-37(41)39-18-17-38-36;1-12(2)9-14-11-18-19(15-7-5-6-8-17(15)24-18)16(10-13(3)4)20(14)21(22)23;18-13-5-4-8-15(11-13)22-12-21(14-6-2-1-3-7-14)16-17(22)20-10-9-19-16;;/h5-13,15-18,21-25H,19-20H2,1-4H3;5-8,11-13,22-23H,9-10H2,1-4H3;1-7,9-12H;;/q-2;;-2;;. The zero-order valence-electron chi connectivity index (χ0n) is 51.5. The molecular weight excluding hydrogens is 1540 g/mol. The Kier molecular flexibility index (Phi) is 20.9. The summed E-state index contributed by atoms with van der Waals surface area (Å²) in [6.45, 7) is 21.8. The van der Waals surface area contributed by atoms with Crippen molar-refractivity contribution in [2.75, 3.05) is 19.6 Å². The van der Waals surface area contributed by atoms with Crippen molar-refractivity contribution >= 4 is 118 Å². The molecule has 6 heterocycles. The molecule has 90 heavy (non-hydrogen) atoms. The summed E-state index contributed by atoms with van der Waals surface area (Å²) >= 11 is 3.50. The van der Waals surface area contributed by atoms with Crippen LogP contribution in [0.2, 0.25) is 0 Å². The van der Waals surface area contributed by atoms with Gasteiger partial charge < -0.3 is 38.5 Å². The van der Waals surface area contributed by atoms with Crippen molar-refractivity contribution in [3.63, 3.8) is 0 Å². The van der Waals surface area contributed by atoms with E-state index in [-0.39, 0.29) is 40.2 Å². The molecule has 12 nitrogen and oxygen atoms in total. The third-order valence-corrected chi connectivity index (χ3v) is 16.1. The van der Waals surface area contributed by atoms with Crippen LogP contribution in [-0.2, 0) is 65.9 Å². The van der Waals surface area contributed by atoms with Crippen molar-refractivity contribution in [3.8, 4) is 11.1 Å². The van der Waals surface area contributed by atoms with E-state index in [1.165, 1.54) is 27.5 Å². The Hall–Kier alpha value is -7.52. The molecule has 16 heteroatoms. The van der Waals surface area contributed by atoms with E-state index >= 15 is 0 Å². The van der Waals surface area contributed by atoms with Crippen LogP contribution in [0, 0.1) is 49.1 Å². The largest absolute Gasteiger partial charge is 0.489 e. The first-order chi connectivity index (χ1) is 42.7. The topological polar surface area (TPSA) is 131 Å². The fourth-order valence-electron chi connectivity index (χ4n) is 12.1. The van der Waals surface area contributed by atoms with E-state index in [0.29, 0.717) is 29.1 Å². The molecule has 0 unspecified atom stereocenters. The van der Waals surface area contributed by atoms with Gasteiger partial charge in [-0.3, -0.25) is 0 Å². The van der Waals surface area contributed by atoms with Gasteiger partial charge >= 0.3 is 7.12 Å². The second-order valence-corrected chi connectivity index (χ2v) is 25.1. The summed E-state index contributed by atoms with van der Waals surface area (Å²) in [6, 6.07) is 60.1. The third-order valence-electron chi connectivity index (χ3n) is 15.6. The molecule has 462 valence electrons. The van der Waals surface area contributed by atoms with E-state index in [0.717, 1.165) is 126 Å². The normalized spacial score (nSPS) is 12.6. The molecule has 0 atom stereocenters. The number of furan rings is 2. The molecule has 8 aromatic carbocycles. The van der Waals surface area contributed by atoms with Gasteiger partial charge in [0, 0.05) is 103 Å². The average molecular weight is 1610 g/mol. The van der Waals surface area contributed by atoms with Gasteiger partial charge in [-0.2, -0.15) is 36.4 Å². The Bertz CT molecular complexity index is 4430. The number of fused-ring (bicyclic) bond motifs is 8. The van der Waals surface area contributed by atoms with Gasteiger partial charge in [0.2, 0.25) is 0 Å². The molecule has 0 aliphatic carbocycles. The van der Waals surface area contributed by atoms with Crippen LogP contribution in [-0.4, -0.2) is 37.1 Å². The summed E-state index contributed by atoms with van der Waals surface area (Å²) < 4.78 is 13.7. The number of aromatic nitrogens is 4. The summed E-state index contributed by atoms with van der Waals surface area (Å²) in [6.07, 6.45) is 10.4. The maximum atomic E-state index is 10.1. The Morgan fingerprint density at radius 2 is 0.944 bits per heavy atom. The average Bonchev–Trinajstić information content (AvgIpc) is 1.61. The molecule has 2 aliphatic rings. The van der Waals surface area contributed by atoms with Crippen LogP contribution in [0.4, 0.5) is 46.0 Å². The molecule has 4 aromatic heterocycles. The molecule has 2 N–H and O–H groups in total. The first-order valence-electron chi connectivity index (χ1n) is 30.2. The van der Waals surface area contributed by atoms with Crippen molar-refractivity contribution in [2.45, 2.75) is 81.1 Å². The quantitative estimate of drug-likeness (QED) is 0.0794. The van der Waals surface area contributed by atoms with Gasteiger partial charge in [-0.1, -0.05) is 149 Å². The van der Waals surface area contributed by atoms with Crippen molar-refractivity contribution < 1.29 is 59.1 Å². The molecule has 2 radical (unpaired) electrons. The minimum Gasteiger partial charge on any atom is -0.477 e. The molecule has 0 saturated heterocycles. The van der Waals surface area contributed by atoms with Gasteiger partial charge in [0.15, 0.2) is 0 Å². The van der Waals surface area contributed by atoms with Crippen LogP contribution in [0.25, 0.3) is 55.0 Å². The minimum absolute atomic E-state index is 0. The molecule has 0 fully saturated rings. The first kappa shape index (κ1) is 65.4. The number of halogens is 1. The van der Waals surface area contributed by atoms with Gasteiger partial charge in [-0.25, -0.2) is 19.9 Å². The smallest absolute Gasteiger partial charge is 0.477 e. The molecule has 0 amide bonds. The molecule has 0 spiro atoms. The maximum Gasteiger partial charge on any atom is 0.489 e. The van der Waals surface area contributed by atoms with Gasteiger partial charge in [0.1, 0.15) is 45.6 Å². The molecule has 12 aromatic rings. The molecule has 0 saturated carbocycles. The van der Waals surface area contributed by atoms with Crippen LogP contribution in [0.5, 0.6) is 0 Å². The number of benzene rings is 8. The SMILES string of the molecule is Brc1cc[c-]c(N2[CH-]N(c3ccccc3)c3nccnc32)c1.CC(C)Cc1cc2c(oc3ccccc32)c(CC(C)C)c1-c1cc[c-]c(N2[CH-]N(c3ccccc3)c3nccnc32)c1.CC(C)Cc1cc2oc3ccccc3c2c(CC(C)C)c1B(O)O.[Ir].[Ir]. The number of rotatable bonds is 14. The van der Waals surface area contributed by atoms with Crippen LogP contribution >= 0.6 is 15.9 Å². The van der Waals surface area contributed by atoms with Crippen LogP contribution < -0.4 is 25.1 Å². The Balaban J connectivity index is 0.000000159. The summed E-state index contributed by atoms with van der Waals surface area (Å²) in [5.41, 5.74) is 15.3. The summed E-state index contributed by atoms with van der Waals surface area (Å²) in [5.74, 6) is 5.00. The van der Waals surface area contributed by atoms with E-state index in [2.05, 4.69) is 163 Å². The van der Waals surface area contributed by atoms with E-state index < -0.39 is 7.12 Å². The van der Waals surface area contributed by atoms with Crippen LogP contribution in [0.15, 0.2) is 196 Å². The first-order valence-corrected chi connectivity index (χ1v) is 31.0. The molecule has 0 bridgehead atoms. The predicted molar refractivity (Wildman–Crippen MR) is 363 cm³/mol. The molecule has 14 rings (SSSR count). The summed E-state index contributed by atoms with van der Waals surface area (Å²) in [5, 5.41) is 24.7. The van der Waals surface area contributed by atoms with Crippen LogP contribution in [0.1, 0.15) is 77.6 Å². The number of nitrogens with zero attached hydrogens (tertiary/aromatic N) is 8. The van der Waals surface area contributed by atoms with Gasteiger partial charge in [0.25, 0.3) is 0 Å². The number of hydrogen-bond donors (Lipinski definition) is 2. The second-order valence-electron chi connectivity index (χ2n) is 24.2. The van der Waals surface area contributed by atoms with E-state index in [9.17, 15) is 10.0 Å². The maximum absolute atomic E-state index is 10.1. The van der Waals surface area contributed by atoms with E-state index in [4.69, 9.17) is 13.8 Å². The van der Waals surface area contributed by atoms with Gasteiger partial charge in [-0.15, -0.1) is 42.4 Å². The van der Waals surface area contributed by atoms with E-state index in [1.54, 1.807) is 24.8 Å². The Morgan fingerprint density at radius 3 is 1.48 bits per heavy atom. The zero-order chi connectivity index (χ0) is 61.2. The van der Waals surface area contributed by atoms with Crippen LogP contribution in [0.3, 0.4) is 0 Å². The van der Waals surface area contributed by atoms with Crippen molar-refractivity contribution in [1.82, 2.24) is 19.9 Å². The van der Waals surface area contributed by atoms with Crippen molar-refractivity contribution in [3.05, 3.63) is 235 Å². The van der Waals surface area contributed by atoms with Gasteiger partial charge in [-0.05, 0) is 126 Å². The fraction of sp³-hybridized carbons (Fsp3) is 0.216. The van der Waals surface area contributed by atoms with Crippen molar-refractivity contribution in [1.29, 1.82) is 0 Å². The van der Waals surface area contributed by atoms with E-state index in [1.807, 2.05) is 126 Å². The zero-order valence-corrected chi connectivity index (χ0v) is 57.9. The summed E-state index contributed by atoms with van der Waals surface area (Å²) in [4.78, 5) is 26.6. The number of para-hydroxylation sites is 4. The molecule has 2 aliphatic heterocycles. The minimum atomic E-state index is -1.47. The predicted octanol–water partition coefficient (Wildman–Crippen LogP) is 17.8. The third kappa shape index (κ3) is 13.7. The van der Waals surface area contributed by atoms with Crippen molar-refractivity contribution in [2.24, 2.45) is 23.7 Å². The fourth-order valence-corrected chi connectivity index (χ4v) is 12.5. The molecular formula is C74H70BBrIr2N8O4-4. The number of anilines is 8.